The largest absolute Gasteiger partial charge is 0.388 e. The van der Waals surface area contributed by atoms with Crippen LogP contribution in [-0.4, -0.2) is 41.3 Å². The van der Waals surface area contributed by atoms with Crippen molar-refractivity contribution in [3.63, 3.8) is 0 Å². The second kappa shape index (κ2) is 8.00. The molecule has 0 aliphatic carbocycles. The van der Waals surface area contributed by atoms with E-state index >= 15 is 0 Å². The van der Waals surface area contributed by atoms with Gasteiger partial charge < -0.3 is 15.0 Å². The van der Waals surface area contributed by atoms with Crippen molar-refractivity contribution in [2.75, 3.05) is 37.0 Å². The van der Waals surface area contributed by atoms with E-state index in [2.05, 4.69) is 15.3 Å². The smallest absolute Gasteiger partial charge is 0.255 e. The molecule has 0 saturated carbocycles. The standard InChI is InChI=1S/C21H22FN5O2/c1-23-15-5-3-14(4-6-15)19-13-27(9-10-29-19)21-25-18(11-20(28)26(21)2)16-7-8-24-12-17(16)22/h3-8,11-12,19,23H,9-10,13H2,1-2H3/t19-/m1/s1. The van der Waals surface area contributed by atoms with Crippen LogP contribution in [-0.2, 0) is 11.8 Å². The highest BCUT2D eigenvalue weighted by atomic mass is 19.1. The van der Waals surface area contributed by atoms with E-state index in [-0.39, 0.29) is 17.2 Å². The molecule has 0 bridgehead atoms. The number of halogens is 1. The summed E-state index contributed by atoms with van der Waals surface area (Å²) in [6, 6.07) is 10.9. The van der Waals surface area contributed by atoms with Gasteiger partial charge in [-0.15, -0.1) is 0 Å². The fraction of sp³-hybridized carbons (Fsp3) is 0.286. The van der Waals surface area contributed by atoms with Crippen molar-refractivity contribution >= 4 is 11.6 Å². The third-order valence-electron chi connectivity index (χ3n) is 5.08. The van der Waals surface area contributed by atoms with E-state index in [1.165, 1.54) is 22.9 Å². The Labute approximate surface area is 167 Å². The van der Waals surface area contributed by atoms with Gasteiger partial charge in [0.15, 0.2) is 5.82 Å². The van der Waals surface area contributed by atoms with Crippen LogP contribution in [0.1, 0.15) is 11.7 Å². The number of pyridine rings is 1. The van der Waals surface area contributed by atoms with Crippen LogP contribution in [0.5, 0.6) is 0 Å². The number of benzene rings is 1. The first-order valence-corrected chi connectivity index (χ1v) is 9.39. The van der Waals surface area contributed by atoms with Gasteiger partial charge in [0.2, 0.25) is 5.95 Å². The number of morpholine rings is 1. The molecule has 0 spiro atoms. The Morgan fingerprint density at radius 2 is 2.03 bits per heavy atom. The Morgan fingerprint density at radius 3 is 2.76 bits per heavy atom. The SMILES string of the molecule is CNc1ccc([C@H]2CN(c3nc(-c4ccncc4F)cc(=O)n3C)CCO2)cc1. The van der Waals surface area contributed by atoms with E-state index in [0.717, 1.165) is 17.4 Å². The number of hydrogen-bond donors (Lipinski definition) is 1. The van der Waals surface area contributed by atoms with Crippen molar-refractivity contribution in [1.29, 1.82) is 0 Å². The number of aromatic nitrogens is 3. The van der Waals surface area contributed by atoms with Crippen molar-refractivity contribution in [2.24, 2.45) is 7.05 Å². The first-order valence-electron chi connectivity index (χ1n) is 9.39. The predicted octanol–water partition coefficient (Wildman–Crippen LogP) is 2.60. The van der Waals surface area contributed by atoms with Gasteiger partial charge in [-0.2, -0.15) is 0 Å². The molecule has 1 aliphatic heterocycles. The van der Waals surface area contributed by atoms with Gasteiger partial charge in [0, 0.05) is 44.2 Å². The molecule has 2 aromatic heterocycles. The topological polar surface area (TPSA) is 72.3 Å². The summed E-state index contributed by atoms with van der Waals surface area (Å²) in [5, 5.41) is 3.10. The highest BCUT2D eigenvalue weighted by molar-refractivity contribution is 5.60. The molecule has 1 saturated heterocycles. The first kappa shape index (κ1) is 19.1. The first-order chi connectivity index (χ1) is 14.1. The molecule has 0 radical (unpaired) electrons. The minimum atomic E-state index is -0.510. The zero-order valence-corrected chi connectivity index (χ0v) is 16.3. The maximum absolute atomic E-state index is 14.2. The lowest BCUT2D eigenvalue weighted by Gasteiger charge is -2.34. The van der Waals surface area contributed by atoms with E-state index in [1.807, 2.05) is 36.2 Å². The number of hydrogen-bond acceptors (Lipinski definition) is 6. The molecule has 0 unspecified atom stereocenters. The van der Waals surface area contributed by atoms with E-state index in [4.69, 9.17) is 4.74 Å². The summed E-state index contributed by atoms with van der Waals surface area (Å²) in [4.78, 5) is 22.9. The normalized spacial score (nSPS) is 16.7. The summed E-state index contributed by atoms with van der Waals surface area (Å²) in [5.41, 5.74) is 2.38. The lowest BCUT2D eigenvalue weighted by atomic mass is 10.1. The van der Waals surface area contributed by atoms with Crippen LogP contribution in [0.2, 0.25) is 0 Å². The number of nitrogens with zero attached hydrogens (tertiary/aromatic N) is 4. The van der Waals surface area contributed by atoms with Crippen LogP contribution in [0.25, 0.3) is 11.3 Å². The zero-order chi connectivity index (χ0) is 20.4. The van der Waals surface area contributed by atoms with Crippen molar-refractivity contribution in [3.8, 4) is 11.3 Å². The quantitative estimate of drug-likeness (QED) is 0.732. The van der Waals surface area contributed by atoms with Crippen LogP contribution in [0, 0.1) is 5.82 Å². The molecular weight excluding hydrogens is 373 g/mol. The molecule has 150 valence electrons. The molecule has 1 fully saturated rings. The fourth-order valence-corrected chi connectivity index (χ4v) is 3.43. The summed E-state index contributed by atoms with van der Waals surface area (Å²) in [5.74, 6) is -0.0208. The van der Waals surface area contributed by atoms with Crippen molar-refractivity contribution in [2.45, 2.75) is 6.10 Å². The Balaban J connectivity index is 1.66. The second-order valence-electron chi connectivity index (χ2n) is 6.87. The summed E-state index contributed by atoms with van der Waals surface area (Å²) < 4.78 is 21.6. The Kier molecular flexibility index (Phi) is 5.26. The predicted molar refractivity (Wildman–Crippen MR) is 110 cm³/mol. The van der Waals surface area contributed by atoms with Gasteiger partial charge in [-0.05, 0) is 23.8 Å². The molecule has 1 aromatic carbocycles. The molecule has 1 aliphatic rings. The van der Waals surface area contributed by atoms with Gasteiger partial charge in [-0.1, -0.05) is 12.1 Å². The van der Waals surface area contributed by atoms with Crippen molar-refractivity contribution in [1.82, 2.24) is 14.5 Å². The molecule has 3 heterocycles. The minimum absolute atomic E-state index is 0.145. The van der Waals surface area contributed by atoms with Gasteiger partial charge >= 0.3 is 0 Å². The molecule has 29 heavy (non-hydrogen) atoms. The maximum Gasteiger partial charge on any atom is 0.255 e. The lowest BCUT2D eigenvalue weighted by Crippen LogP contribution is -2.41. The van der Waals surface area contributed by atoms with Crippen LogP contribution in [0.3, 0.4) is 0 Å². The van der Waals surface area contributed by atoms with Gasteiger partial charge in [0.1, 0.15) is 6.10 Å². The summed E-state index contributed by atoms with van der Waals surface area (Å²) in [7, 11) is 3.54. The van der Waals surface area contributed by atoms with E-state index < -0.39 is 5.82 Å². The molecule has 1 atom stereocenters. The Morgan fingerprint density at radius 1 is 1.24 bits per heavy atom. The lowest BCUT2D eigenvalue weighted by molar-refractivity contribution is 0.0390. The van der Waals surface area contributed by atoms with Crippen LogP contribution < -0.4 is 15.8 Å². The van der Waals surface area contributed by atoms with E-state index in [0.29, 0.717) is 31.3 Å². The number of anilines is 2. The molecule has 7 nitrogen and oxygen atoms in total. The highest BCUT2D eigenvalue weighted by Crippen LogP contribution is 2.27. The maximum atomic E-state index is 14.2. The fourth-order valence-electron chi connectivity index (χ4n) is 3.43. The molecule has 8 heteroatoms. The van der Waals surface area contributed by atoms with Crippen LogP contribution in [0.15, 0.2) is 53.6 Å². The zero-order valence-electron chi connectivity index (χ0n) is 16.3. The average molecular weight is 395 g/mol. The monoisotopic (exact) mass is 395 g/mol. The molecular formula is C21H22FN5O2. The van der Waals surface area contributed by atoms with Gasteiger partial charge in [-0.25, -0.2) is 9.37 Å². The third kappa shape index (κ3) is 3.84. The van der Waals surface area contributed by atoms with Gasteiger partial charge in [0.25, 0.3) is 5.56 Å². The summed E-state index contributed by atoms with van der Waals surface area (Å²) in [6.45, 7) is 1.64. The minimum Gasteiger partial charge on any atom is -0.388 e. The van der Waals surface area contributed by atoms with Crippen LogP contribution >= 0.6 is 0 Å². The van der Waals surface area contributed by atoms with E-state index in [9.17, 15) is 9.18 Å². The van der Waals surface area contributed by atoms with Crippen molar-refractivity contribution < 1.29 is 9.13 Å². The highest BCUT2D eigenvalue weighted by Gasteiger charge is 2.25. The second-order valence-corrected chi connectivity index (χ2v) is 6.87. The molecule has 4 rings (SSSR count). The third-order valence-corrected chi connectivity index (χ3v) is 5.08. The Hall–Kier alpha value is -3.26. The Bertz CT molecular complexity index is 1070. The van der Waals surface area contributed by atoms with Crippen molar-refractivity contribution in [3.05, 3.63) is 70.5 Å². The average Bonchev–Trinajstić information content (AvgIpc) is 2.76. The molecule has 3 aromatic rings. The van der Waals surface area contributed by atoms with Gasteiger partial charge in [-0.3, -0.25) is 14.3 Å². The van der Waals surface area contributed by atoms with Gasteiger partial charge in [0.05, 0.1) is 25.0 Å². The van der Waals surface area contributed by atoms with Crippen LogP contribution in [0.4, 0.5) is 16.0 Å². The number of ether oxygens (including phenoxy) is 1. The number of nitrogens with one attached hydrogen (secondary N) is 1. The molecule has 1 N–H and O–H groups in total. The molecule has 0 amide bonds. The van der Waals surface area contributed by atoms with E-state index in [1.54, 1.807) is 7.05 Å². The summed E-state index contributed by atoms with van der Waals surface area (Å²) >= 11 is 0. The number of rotatable bonds is 4. The summed E-state index contributed by atoms with van der Waals surface area (Å²) in [6.07, 6.45) is 2.46.